The third kappa shape index (κ3) is 3.61. The molecule has 2 heterocycles. The highest BCUT2D eigenvalue weighted by Crippen LogP contribution is 2.25. The second-order valence-electron chi connectivity index (χ2n) is 5.25. The van der Waals surface area contributed by atoms with Crippen molar-refractivity contribution in [1.82, 2.24) is 14.2 Å². The lowest BCUT2D eigenvalue weighted by atomic mass is 9.97. The van der Waals surface area contributed by atoms with Crippen molar-refractivity contribution >= 4 is 31.9 Å². The van der Waals surface area contributed by atoms with Gasteiger partial charge in [-0.25, -0.2) is 8.42 Å². The number of hydrogen-bond donors (Lipinski definition) is 0. The first-order valence-corrected chi connectivity index (χ1v) is 8.87. The molecule has 0 spiro atoms. The maximum absolute atomic E-state index is 12.5. The molecule has 0 aliphatic carbocycles. The molecule has 0 atom stereocenters. The molecule has 0 unspecified atom stereocenters. The van der Waals surface area contributed by atoms with E-state index in [4.69, 9.17) is 0 Å². The van der Waals surface area contributed by atoms with Gasteiger partial charge in [0.2, 0.25) is 15.9 Å². The van der Waals surface area contributed by atoms with Gasteiger partial charge in [0.1, 0.15) is 4.90 Å². The summed E-state index contributed by atoms with van der Waals surface area (Å²) in [5, 5.41) is 0. The number of amides is 1. The summed E-state index contributed by atoms with van der Waals surface area (Å²) in [5.41, 5.74) is 0. The van der Waals surface area contributed by atoms with Gasteiger partial charge in [-0.05, 0) is 34.8 Å². The van der Waals surface area contributed by atoms with Crippen molar-refractivity contribution in [3.05, 3.63) is 22.9 Å². The van der Waals surface area contributed by atoms with Crippen molar-refractivity contribution in [3.63, 3.8) is 0 Å². The van der Waals surface area contributed by atoms with Crippen LogP contribution in [-0.4, -0.2) is 55.7 Å². The largest absolute Gasteiger partial charge is 0.349 e. The minimum absolute atomic E-state index is 0.0659. The summed E-state index contributed by atoms with van der Waals surface area (Å²) in [7, 11) is -0.0963. The highest BCUT2D eigenvalue weighted by atomic mass is 79.9. The average Bonchev–Trinajstić information content (AvgIpc) is 2.46. The minimum atomic E-state index is -3.54. The topological polar surface area (TPSA) is 70.6 Å². The lowest BCUT2D eigenvalue weighted by molar-refractivity contribution is -0.134. The Morgan fingerprint density at radius 2 is 1.95 bits per heavy atom. The molecule has 0 radical (unpaired) electrons. The van der Waals surface area contributed by atoms with Crippen LogP contribution in [-0.2, 0) is 14.8 Å². The van der Waals surface area contributed by atoms with E-state index in [1.54, 1.807) is 31.3 Å². The Labute approximate surface area is 133 Å². The fourth-order valence-electron chi connectivity index (χ4n) is 2.39. The van der Waals surface area contributed by atoms with Crippen molar-refractivity contribution < 1.29 is 13.2 Å². The summed E-state index contributed by atoms with van der Waals surface area (Å²) < 4.78 is 27.1. The summed E-state index contributed by atoms with van der Waals surface area (Å²) in [6.07, 6.45) is 3.99. The predicted octanol–water partition coefficient (Wildman–Crippen LogP) is 1.33. The highest BCUT2D eigenvalue weighted by Gasteiger charge is 2.32. The number of carbonyl (C=O) groups excluding carboxylic acids is 1. The standard InChI is InChI=1S/C13H18BrN3O3S/c1-16(2)13(18)10-3-5-17(6-4-10)21(19,20)12-7-11(14)8-15-9-12/h7-10H,3-6H2,1-2H3. The van der Waals surface area contributed by atoms with Gasteiger partial charge in [-0.1, -0.05) is 0 Å². The lowest BCUT2D eigenvalue weighted by Gasteiger charge is -2.31. The molecule has 0 aromatic carbocycles. The monoisotopic (exact) mass is 375 g/mol. The molecule has 0 bridgehead atoms. The Hall–Kier alpha value is -0.990. The number of nitrogens with zero attached hydrogens (tertiary/aromatic N) is 3. The normalized spacial score (nSPS) is 17.7. The van der Waals surface area contributed by atoms with E-state index in [0.29, 0.717) is 30.4 Å². The molecule has 21 heavy (non-hydrogen) atoms. The number of piperidine rings is 1. The summed E-state index contributed by atoms with van der Waals surface area (Å²) in [6.45, 7) is 0.720. The maximum Gasteiger partial charge on any atom is 0.244 e. The van der Waals surface area contributed by atoms with Crippen LogP contribution in [0.1, 0.15) is 12.8 Å². The number of pyridine rings is 1. The van der Waals surface area contributed by atoms with Gasteiger partial charge < -0.3 is 4.90 Å². The fourth-order valence-corrected chi connectivity index (χ4v) is 4.37. The number of halogens is 1. The molecule has 0 N–H and O–H groups in total. The minimum Gasteiger partial charge on any atom is -0.349 e. The van der Waals surface area contributed by atoms with Crippen LogP contribution in [0.5, 0.6) is 0 Å². The molecule has 1 amide bonds. The number of aromatic nitrogens is 1. The van der Waals surface area contributed by atoms with Crippen molar-refractivity contribution in [1.29, 1.82) is 0 Å². The van der Waals surface area contributed by atoms with Crippen LogP contribution < -0.4 is 0 Å². The number of hydrogen-bond acceptors (Lipinski definition) is 4. The summed E-state index contributed by atoms with van der Waals surface area (Å²) in [5.74, 6) is -0.0248. The summed E-state index contributed by atoms with van der Waals surface area (Å²) in [4.78, 5) is 17.5. The van der Waals surface area contributed by atoms with Gasteiger partial charge >= 0.3 is 0 Å². The molecule has 8 heteroatoms. The second-order valence-corrected chi connectivity index (χ2v) is 8.10. The molecule has 116 valence electrons. The molecule has 1 aromatic heterocycles. The maximum atomic E-state index is 12.5. The number of carbonyl (C=O) groups is 1. The van der Waals surface area contributed by atoms with Gasteiger partial charge in [-0.15, -0.1) is 0 Å². The van der Waals surface area contributed by atoms with E-state index in [-0.39, 0.29) is 16.7 Å². The Kier molecular flexibility index (Phi) is 5.00. The first-order chi connectivity index (χ1) is 9.82. The van der Waals surface area contributed by atoms with Gasteiger partial charge in [0.05, 0.1) is 0 Å². The van der Waals surface area contributed by atoms with Crippen LogP contribution in [0, 0.1) is 5.92 Å². The molecule has 6 nitrogen and oxygen atoms in total. The zero-order chi connectivity index (χ0) is 15.6. The number of rotatable bonds is 3. The van der Waals surface area contributed by atoms with Crippen molar-refractivity contribution in [2.24, 2.45) is 5.92 Å². The van der Waals surface area contributed by atoms with Crippen LogP contribution in [0.15, 0.2) is 27.8 Å². The Bertz CT molecular complexity index is 625. The molecule has 1 aromatic rings. The zero-order valence-corrected chi connectivity index (χ0v) is 14.4. The van der Waals surface area contributed by atoms with E-state index < -0.39 is 10.0 Å². The summed E-state index contributed by atoms with van der Waals surface area (Å²) >= 11 is 3.23. The highest BCUT2D eigenvalue weighted by molar-refractivity contribution is 9.10. The van der Waals surface area contributed by atoms with Crippen molar-refractivity contribution in [3.8, 4) is 0 Å². The molecular formula is C13H18BrN3O3S. The van der Waals surface area contributed by atoms with Crippen LogP contribution in [0.3, 0.4) is 0 Å². The Morgan fingerprint density at radius 3 is 2.48 bits per heavy atom. The average molecular weight is 376 g/mol. The molecule has 1 fully saturated rings. The SMILES string of the molecule is CN(C)C(=O)C1CCN(S(=O)(=O)c2cncc(Br)c2)CC1. The van der Waals surface area contributed by atoms with E-state index in [1.807, 2.05) is 0 Å². The van der Waals surface area contributed by atoms with Gasteiger partial charge in [0.25, 0.3) is 0 Å². The van der Waals surface area contributed by atoms with E-state index in [1.165, 1.54) is 10.5 Å². The lowest BCUT2D eigenvalue weighted by Crippen LogP contribution is -2.42. The molecule has 2 rings (SSSR count). The van der Waals surface area contributed by atoms with Crippen LogP contribution in [0.25, 0.3) is 0 Å². The van der Waals surface area contributed by atoms with Gasteiger partial charge in [-0.3, -0.25) is 9.78 Å². The van der Waals surface area contributed by atoms with Crippen molar-refractivity contribution in [2.75, 3.05) is 27.2 Å². The second kappa shape index (κ2) is 6.41. The van der Waals surface area contributed by atoms with Crippen LogP contribution in [0.2, 0.25) is 0 Å². The predicted molar refractivity (Wildman–Crippen MR) is 82.1 cm³/mol. The van der Waals surface area contributed by atoms with Gasteiger partial charge in [-0.2, -0.15) is 4.31 Å². The number of sulfonamides is 1. The quantitative estimate of drug-likeness (QED) is 0.798. The van der Waals surface area contributed by atoms with Crippen LogP contribution >= 0.6 is 15.9 Å². The molecular weight excluding hydrogens is 358 g/mol. The zero-order valence-electron chi connectivity index (χ0n) is 12.0. The van der Waals surface area contributed by atoms with Gasteiger partial charge in [0, 0.05) is 50.0 Å². The van der Waals surface area contributed by atoms with E-state index in [2.05, 4.69) is 20.9 Å². The van der Waals surface area contributed by atoms with Crippen LogP contribution in [0.4, 0.5) is 0 Å². The summed E-state index contributed by atoms with van der Waals surface area (Å²) in [6, 6.07) is 1.54. The van der Waals surface area contributed by atoms with Crippen molar-refractivity contribution in [2.45, 2.75) is 17.7 Å². The molecule has 0 saturated carbocycles. The Morgan fingerprint density at radius 1 is 1.33 bits per heavy atom. The third-order valence-corrected chi connectivity index (χ3v) is 5.86. The molecule has 1 aliphatic heterocycles. The molecule has 1 saturated heterocycles. The first-order valence-electron chi connectivity index (χ1n) is 6.64. The fraction of sp³-hybridized carbons (Fsp3) is 0.538. The smallest absolute Gasteiger partial charge is 0.244 e. The first kappa shape index (κ1) is 16.4. The van der Waals surface area contributed by atoms with E-state index in [9.17, 15) is 13.2 Å². The van der Waals surface area contributed by atoms with Gasteiger partial charge in [0.15, 0.2) is 0 Å². The Balaban J connectivity index is 2.10. The van der Waals surface area contributed by atoms with E-state index in [0.717, 1.165) is 0 Å². The molecule has 1 aliphatic rings. The third-order valence-electron chi connectivity index (χ3n) is 3.56. The van der Waals surface area contributed by atoms with E-state index >= 15 is 0 Å².